The van der Waals surface area contributed by atoms with Crippen molar-refractivity contribution < 1.29 is 14.2 Å². The number of hydrogen-bond donors (Lipinski definition) is 4. The van der Waals surface area contributed by atoms with Crippen molar-refractivity contribution in [2.24, 2.45) is 0 Å². The molecule has 6 heteroatoms. The first-order chi connectivity index (χ1) is 6.61. The van der Waals surface area contributed by atoms with Crippen molar-refractivity contribution >= 4 is 10.6 Å². The molecule has 0 amide bonds. The SMILES string of the molecule is OC[C@H]1CN2CCS(O)(O)CC2CN1. The molecule has 84 valence electrons. The van der Waals surface area contributed by atoms with Gasteiger partial charge in [0.15, 0.2) is 0 Å². The number of aliphatic hydroxyl groups is 1. The molecule has 0 aromatic carbocycles. The number of hydrogen-bond acceptors (Lipinski definition) is 5. The number of nitrogens with zero attached hydrogens (tertiary/aromatic N) is 1. The molecule has 2 saturated heterocycles. The molecule has 2 fully saturated rings. The number of rotatable bonds is 1. The smallest absolute Gasteiger partial charge is 0.0597 e. The normalized spacial score (nSPS) is 40.2. The second kappa shape index (κ2) is 3.96. The number of aliphatic hydroxyl groups excluding tert-OH is 1. The van der Waals surface area contributed by atoms with E-state index < -0.39 is 10.6 Å². The summed E-state index contributed by atoms with van der Waals surface area (Å²) < 4.78 is 19.1. The predicted molar refractivity (Wildman–Crippen MR) is 56.8 cm³/mol. The summed E-state index contributed by atoms with van der Waals surface area (Å²) in [5, 5.41) is 12.2. The largest absolute Gasteiger partial charge is 0.395 e. The third-order valence-electron chi connectivity index (χ3n) is 3.00. The lowest BCUT2D eigenvalue weighted by Gasteiger charge is -2.49. The highest BCUT2D eigenvalue weighted by molar-refractivity contribution is 8.24. The van der Waals surface area contributed by atoms with Gasteiger partial charge in [-0.05, 0) is 0 Å². The monoisotopic (exact) mass is 222 g/mol. The Morgan fingerprint density at radius 1 is 1.43 bits per heavy atom. The molecule has 0 spiro atoms. The van der Waals surface area contributed by atoms with Crippen LogP contribution in [-0.2, 0) is 0 Å². The van der Waals surface area contributed by atoms with Crippen LogP contribution in [0, 0.1) is 0 Å². The number of nitrogens with one attached hydrogen (secondary N) is 1. The molecular formula is C8H18N2O3S. The van der Waals surface area contributed by atoms with Gasteiger partial charge in [-0.2, -0.15) is 10.6 Å². The third kappa shape index (κ3) is 2.21. The van der Waals surface area contributed by atoms with Crippen molar-refractivity contribution in [3.05, 3.63) is 0 Å². The average Bonchev–Trinajstić information content (AvgIpc) is 2.16. The zero-order valence-corrected chi connectivity index (χ0v) is 8.91. The summed E-state index contributed by atoms with van der Waals surface area (Å²) in [7, 11) is -2.32. The van der Waals surface area contributed by atoms with Gasteiger partial charge in [-0.15, -0.1) is 0 Å². The predicted octanol–water partition coefficient (Wildman–Crippen LogP) is -0.615. The topological polar surface area (TPSA) is 76.0 Å². The minimum absolute atomic E-state index is 0.145. The van der Waals surface area contributed by atoms with Crippen LogP contribution in [0.4, 0.5) is 0 Å². The maximum absolute atomic E-state index is 9.57. The van der Waals surface area contributed by atoms with Crippen LogP contribution in [0.1, 0.15) is 0 Å². The van der Waals surface area contributed by atoms with Crippen molar-refractivity contribution in [1.29, 1.82) is 0 Å². The molecule has 2 atom stereocenters. The van der Waals surface area contributed by atoms with E-state index in [0.717, 1.165) is 19.6 Å². The van der Waals surface area contributed by atoms with Gasteiger partial charge >= 0.3 is 0 Å². The van der Waals surface area contributed by atoms with Gasteiger partial charge in [0.25, 0.3) is 0 Å². The first-order valence-electron chi connectivity index (χ1n) is 4.92. The van der Waals surface area contributed by atoms with Crippen LogP contribution < -0.4 is 5.32 Å². The Bertz CT molecular complexity index is 215. The van der Waals surface area contributed by atoms with Gasteiger partial charge in [0.2, 0.25) is 0 Å². The second-order valence-corrected chi connectivity index (χ2v) is 6.46. The summed E-state index contributed by atoms with van der Waals surface area (Å²) in [6.45, 7) is 2.46. The van der Waals surface area contributed by atoms with Gasteiger partial charge in [-0.25, -0.2) is 0 Å². The molecule has 2 aliphatic heterocycles. The van der Waals surface area contributed by atoms with Crippen LogP contribution in [0.3, 0.4) is 0 Å². The molecule has 5 nitrogen and oxygen atoms in total. The highest BCUT2D eigenvalue weighted by atomic mass is 32.3. The summed E-state index contributed by atoms with van der Waals surface area (Å²) in [6, 6.07) is 0.377. The van der Waals surface area contributed by atoms with Crippen LogP contribution in [0.25, 0.3) is 0 Å². The van der Waals surface area contributed by atoms with Crippen LogP contribution in [0.5, 0.6) is 0 Å². The van der Waals surface area contributed by atoms with Crippen LogP contribution in [0.2, 0.25) is 0 Å². The molecule has 2 heterocycles. The summed E-state index contributed by atoms with van der Waals surface area (Å²) in [5.41, 5.74) is 0. The summed E-state index contributed by atoms with van der Waals surface area (Å²) >= 11 is 0. The van der Waals surface area contributed by atoms with Crippen molar-refractivity contribution in [3.63, 3.8) is 0 Å². The van der Waals surface area contributed by atoms with Crippen molar-refractivity contribution in [2.45, 2.75) is 12.1 Å². The van der Waals surface area contributed by atoms with Gasteiger partial charge in [0.1, 0.15) is 0 Å². The van der Waals surface area contributed by atoms with E-state index in [9.17, 15) is 9.11 Å². The van der Waals surface area contributed by atoms with E-state index in [1.165, 1.54) is 0 Å². The van der Waals surface area contributed by atoms with Crippen molar-refractivity contribution in [2.75, 3.05) is 37.7 Å². The molecule has 0 aliphatic carbocycles. The van der Waals surface area contributed by atoms with Gasteiger partial charge in [-0.3, -0.25) is 14.0 Å². The van der Waals surface area contributed by atoms with E-state index in [-0.39, 0.29) is 18.7 Å². The Labute approximate surface area is 85.5 Å². The molecule has 0 radical (unpaired) electrons. The van der Waals surface area contributed by atoms with Gasteiger partial charge in [-0.1, -0.05) is 0 Å². The summed E-state index contributed by atoms with van der Waals surface area (Å²) in [4.78, 5) is 2.25. The minimum Gasteiger partial charge on any atom is -0.395 e. The lowest BCUT2D eigenvalue weighted by Crippen LogP contribution is -2.61. The Kier molecular flexibility index (Phi) is 3.01. The number of piperazine rings is 1. The Morgan fingerprint density at radius 2 is 2.21 bits per heavy atom. The van der Waals surface area contributed by atoms with E-state index in [1.54, 1.807) is 0 Å². The Hall–Kier alpha value is 0.150. The highest BCUT2D eigenvalue weighted by Gasteiger charge is 2.35. The Morgan fingerprint density at radius 3 is 2.93 bits per heavy atom. The fourth-order valence-electron chi connectivity index (χ4n) is 2.14. The van der Waals surface area contributed by atoms with E-state index in [0.29, 0.717) is 11.5 Å². The van der Waals surface area contributed by atoms with Gasteiger partial charge in [0.05, 0.1) is 18.1 Å². The maximum Gasteiger partial charge on any atom is 0.0597 e. The summed E-state index contributed by atoms with van der Waals surface area (Å²) in [6.07, 6.45) is 0. The van der Waals surface area contributed by atoms with E-state index >= 15 is 0 Å². The molecule has 2 rings (SSSR count). The van der Waals surface area contributed by atoms with Gasteiger partial charge < -0.3 is 10.4 Å². The first kappa shape index (κ1) is 10.7. The van der Waals surface area contributed by atoms with E-state index in [1.807, 2.05) is 0 Å². The zero-order chi connectivity index (χ0) is 10.2. The molecule has 0 aromatic rings. The molecule has 0 aromatic heterocycles. The van der Waals surface area contributed by atoms with Crippen LogP contribution in [0.15, 0.2) is 0 Å². The molecule has 0 saturated carbocycles. The summed E-state index contributed by atoms with van der Waals surface area (Å²) in [5.74, 6) is 0.972. The molecule has 14 heavy (non-hydrogen) atoms. The standard InChI is InChI=1S/C8H18N2O3S/c11-5-7-4-10-1-2-14(12,13)6-8(10)3-9-7/h7-9,11-13H,1-6H2/t7-,8?/m1/s1. The average molecular weight is 222 g/mol. The fraction of sp³-hybridized carbons (Fsp3) is 1.00. The zero-order valence-electron chi connectivity index (χ0n) is 8.09. The maximum atomic E-state index is 9.57. The first-order valence-corrected chi connectivity index (χ1v) is 6.81. The lowest BCUT2D eigenvalue weighted by atomic mass is 10.1. The second-order valence-electron chi connectivity index (χ2n) is 4.11. The highest BCUT2D eigenvalue weighted by Crippen LogP contribution is 2.43. The molecule has 2 aliphatic rings. The molecule has 1 unspecified atom stereocenters. The fourth-order valence-corrected chi connectivity index (χ4v) is 3.78. The van der Waals surface area contributed by atoms with Gasteiger partial charge in [0, 0.05) is 31.7 Å². The Balaban J connectivity index is 1.94. The molecule has 0 bridgehead atoms. The van der Waals surface area contributed by atoms with Crippen molar-refractivity contribution in [1.82, 2.24) is 10.2 Å². The molecular weight excluding hydrogens is 204 g/mol. The van der Waals surface area contributed by atoms with E-state index in [4.69, 9.17) is 5.11 Å². The lowest BCUT2D eigenvalue weighted by molar-refractivity contribution is 0.109. The van der Waals surface area contributed by atoms with E-state index in [2.05, 4.69) is 10.2 Å². The van der Waals surface area contributed by atoms with Crippen LogP contribution >= 0.6 is 10.6 Å². The third-order valence-corrected chi connectivity index (χ3v) is 4.75. The molecule has 4 N–H and O–H groups in total. The number of fused-ring (bicyclic) bond motifs is 1. The van der Waals surface area contributed by atoms with Crippen LogP contribution in [-0.4, -0.2) is 68.9 Å². The van der Waals surface area contributed by atoms with Crippen molar-refractivity contribution in [3.8, 4) is 0 Å². The quantitative estimate of drug-likeness (QED) is 0.476. The minimum atomic E-state index is -2.32.